The molecule has 1 rings (SSSR count). The van der Waals surface area contributed by atoms with E-state index in [2.05, 4.69) is 4.84 Å². The van der Waals surface area contributed by atoms with Crippen molar-refractivity contribution in [2.24, 2.45) is 5.73 Å². The first-order valence-electron chi connectivity index (χ1n) is 6.09. The number of rotatable bonds is 5. The first-order valence-corrected chi connectivity index (χ1v) is 7.95. The molecule has 0 saturated heterocycles. The Morgan fingerprint density at radius 3 is 2.35 bits per heavy atom. The molecule has 130 valence electrons. The Morgan fingerprint density at radius 2 is 1.91 bits per heavy atom. The molecule has 0 aliphatic carbocycles. The smallest absolute Gasteiger partial charge is 0.348 e. The van der Waals surface area contributed by atoms with Crippen LogP contribution in [-0.4, -0.2) is 26.1 Å². The van der Waals surface area contributed by atoms with Crippen molar-refractivity contribution in [3.8, 4) is 0 Å². The molecular formula is C12H14ClF3N2O4S. The maximum atomic E-state index is 12.0. The van der Waals surface area contributed by atoms with E-state index in [4.69, 9.17) is 17.3 Å². The van der Waals surface area contributed by atoms with Gasteiger partial charge in [0.25, 0.3) is 10.0 Å². The molecule has 1 aromatic carbocycles. The quantitative estimate of drug-likeness (QED) is 0.767. The number of nitrogens with one attached hydrogen (secondary N) is 1. The number of nitrogens with two attached hydrogens (primary N) is 1. The van der Waals surface area contributed by atoms with Crippen LogP contribution in [0, 0.1) is 0 Å². The molecule has 0 radical (unpaired) electrons. The summed E-state index contributed by atoms with van der Waals surface area (Å²) >= 11 is 5.94. The molecule has 1 aromatic rings. The minimum absolute atomic E-state index is 0.0635. The molecule has 0 atom stereocenters. The zero-order chi connectivity index (χ0) is 18.1. The number of sulfonamides is 1. The van der Waals surface area contributed by atoms with E-state index in [0.29, 0.717) is 12.0 Å². The Kier molecular flexibility index (Phi) is 5.68. The Morgan fingerprint density at radius 1 is 1.35 bits per heavy atom. The lowest BCUT2D eigenvalue weighted by molar-refractivity contribution is -0.203. The average molecular weight is 375 g/mol. The zero-order valence-corrected chi connectivity index (χ0v) is 13.6. The van der Waals surface area contributed by atoms with Crippen LogP contribution < -0.4 is 10.6 Å². The fraction of sp³-hybridized carbons (Fsp3) is 0.417. The average Bonchev–Trinajstić information content (AvgIpc) is 2.35. The van der Waals surface area contributed by atoms with Crippen molar-refractivity contribution in [2.75, 3.05) is 0 Å². The first-order chi connectivity index (χ1) is 10.2. The van der Waals surface area contributed by atoms with Gasteiger partial charge >= 0.3 is 12.1 Å². The Balaban J connectivity index is 2.94. The van der Waals surface area contributed by atoms with E-state index in [1.165, 1.54) is 6.07 Å². The van der Waals surface area contributed by atoms with Gasteiger partial charge in [0.15, 0.2) is 0 Å². The van der Waals surface area contributed by atoms with Crippen molar-refractivity contribution in [1.29, 1.82) is 0 Å². The van der Waals surface area contributed by atoms with Crippen LogP contribution in [0.15, 0.2) is 23.1 Å². The minimum atomic E-state index is -5.32. The lowest BCUT2D eigenvalue weighted by Crippen LogP contribution is -2.35. The molecule has 0 bridgehead atoms. The van der Waals surface area contributed by atoms with Gasteiger partial charge in [-0.2, -0.15) is 13.2 Å². The number of carbonyl (C=O) groups is 1. The molecule has 0 spiro atoms. The number of carbonyl (C=O) groups excluding carboxylic acids is 1. The van der Waals surface area contributed by atoms with E-state index in [1.807, 2.05) is 0 Å². The van der Waals surface area contributed by atoms with Crippen LogP contribution in [-0.2, 0) is 26.1 Å². The fourth-order valence-corrected chi connectivity index (χ4v) is 2.64. The highest BCUT2D eigenvalue weighted by Gasteiger charge is 2.42. The van der Waals surface area contributed by atoms with Gasteiger partial charge in [-0.3, -0.25) is 0 Å². The van der Waals surface area contributed by atoms with Crippen molar-refractivity contribution in [3.63, 3.8) is 0 Å². The highest BCUT2D eigenvalue weighted by Crippen LogP contribution is 2.24. The molecule has 3 N–H and O–H groups in total. The highest BCUT2D eigenvalue weighted by molar-refractivity contribution is 7.89. The van der Waals surface area contributed by atoms with Crippen LogP contribution in [0.1, 0.15) is 19.4 Å². The van der Waals surface area contributed by atoms with Crippen LogP contribution in [0.5, 0.6) is 0 Å². The minimum Gasteiger partial charge on any atom is -0.348 e. The molecule has 0 unspecified atom stereocenters. The third-order valence-electron chi connectivity index (χ3n) is 2.46. The predicted molar refractivity (Wildman–Crippen MR) is 75.9 cm³/mol. The van der Waals surface area contributed by atoms with Crippen molar-refractivity contribution < 1.29 is 31.2 Å². The number of benzene rings is 1. The predicted octanol–water partition coefficient (Wildman–Crippen LogP) is 1.92. The van der Waals surface area contributed by atoms with Crippen LogP contribution in [0.25, 0.3) is 0 Å². The zero-order valence-electron chi connectivity index (χ0n) is 12.1. The molecule has 11 heteroatoms. The molecule has 0 saturated carbocycles. The van der Waals surface area contributed by atoms with Crippen LogP contribution in [0.2, 0.25) is 5.02 Å². The van der Waals surface area contributed by atoms with Crippen molar-refractivity contribution >= 4 is 27.6 Å². The molecule has 0 heterocycles. The lowest BCUT2D eigenvalue weighted by Gasteiger charge is -2.19. The van der Waals surface area contributed by atoms with Crippen molar-refractivity contribution in [1.82, 2.24) is 4.89 Å². The summed E-state index contributed by atoms with van der Waals surface area (Å²) in [5.41, 5.74) is 5.80. The van der Waals surface area contributed by atoms with Crippen LogP contribution >= 0.6 is 11.6 Å². The molecule has 0 aromatic heterocycles. The van der Waals surface area contributed by atoms with Gasteiger partial charge in [0.2, 0.25) is 0 Å². The summed E-state index contributed by atoms with van der Waals surface area (Å²) in [5.74, 6) is -2.69. The molecule has 0 fully saturated rings. The summed E-state index contributed by atoms with van der Waals surface area (Å²) in [6.07, 6.45) is -4.97. The summed E-state index contributed by atoms with van der Waals surface area (Å²) in [4.78, 5) is 14.7. The third-order valence-corrected chi connectivity index (χ3v) is 3.99. The van der Waals surface area contributed by atoms with E-state index in [1.54, 1.807) is 13.8 Å². The molecule has 0 amide bonds. The number of alkyl halides is 3. The molecule has 6 nitrogen and oxygen atoms in total. The van der Waals surface area contributed by atoms with E-state index < -0.39 is 32.6 Å². The van der Waals surface area contributed by atoms with Gasteiger partial charge in [0.05, 0.1) is 4.90 Å². The van der Waals surface area contributed by atoms with Gasteiger partial charge in [-0.15, -0.1) is 0 Å². The fourth-order valence-electron chi connectivity index (χ4n) is 1.53. The van der Waals surface area contributed by atoms with Gasteiger partial charge in [0, 0.05) is 10.6 Å². The Bertz CT molecular complexity index is 699. The largest absolute Gasteiger partial charge is 0.492 e. The summed E-state index contributed by atoms with van der Waals surface area (Å²) in [7, 11) is -4.51. The van der Waals surface area contributed by atoms with Crippen LogP contribution in [0.3, 0.4) is 0 Å². The van der Waals surface area contributed by atoms with Gasteiger partial charge in [0.1, 0.15) is 0 Å². The van der Waals surface area contributed by atoms with Crippen LogP contribution in [0.4, 0.5) is 13.2 Å². The van der Waals surface area contributed by atoms with Gasteiger partial charge in [-0.05, 0) is 42.8 Å². The standard InChI is InChI=1S/C12H14ClF3N2O4S/c1-11(2,17)6-7-3-4-8(5-9(7)13)23(20,21)18-22-10(19)12(14,15)16/h3-5,18H,6,17H2,1-2H3. The first kappa shape index (κ1) is 19.7. The number of hydrogen-bond donors (Lipinski definition) is 2. The van der Waals surface area contributed by atoms with Crippen molar-refractivity contribution in [3.05, 3.63) is 28.8 Å². The normalized spacial score (nSPS) is 13.0. The molecule has 23 heavy (non-hydrogen) atoms. The molecule has 0 aliphatic rings. The second kappa shape index (κ2) is 6.63. The summed E-state index contributed by atoms with van der Waals surface area (Å²) in [6.45, 7) is 3.48. The van der Waals surface area contributed by atoms with Gasteiger partial charge in [-0.25, -0.2) is 13.2 Å². The highest BCUT2D eigenvalue weighted by atomic mass is 35.5. The second-order valence-corrected chi connectivity index (χ2v) is 7.44. The second-order valence-electron chi connectivity index (χ2n) is 5.39. The van der Waals surface area contributed by atoms with E-state index in [9.17, 15) is 26.4 Å². The molecular weight excluding hydrogens is 361 g/mol. The summed E-state index contributed by atoms with van der Waals surface area (Å²) < 4.78 is 59.4. The van der Waals surface area contributed by atoms with E-state index in [0.717, 1.165) is 17.0 Å². The van der Waals surface area contributed by atoms with Crippen molar-refractivity contribution in [2.45, 2.75) is 36.9 Å². The maximum absolute atomic E-state index is 12.0. The van der Waals surface area contributed by atoms with Gasteiger partial charge in [-0.1, -0.05) is 17.7 Å². The number of hydrogen-bond acceptors (Lipinski definition) is 5. The Hall–Kier alpha value is -1.36. The lowest BCUT2D eigenvalue weighted by atomic mass is 9.96. The summed E-state index contributed by atoms with van der Waals surface area (Å²) in [6, 6.07) is 3.50. The van der Waals surface area contributed by atoms with Gasteiger partial charge < -0.3 is 10.6 Å². The summed E-state index contributed by atoms with van der Waals surface area (Å²) in [5, 5.41) is 0.0635. The SMILES string of the molecule is CC(C)(N)Cc1ccc(S(=O)(=O)NOC(=O)C(F)(F)F)cc1Cl. The Labute approximate surface area is 135 Å². The van der Waals surface area contributed by atoms with E-state index >= 15 is 0 Å². The topological polar surface area (TPSA) is 98.5 Å². The van der Waals surface area contributed by atoms with E-state index in [-0.39, 0.29) is 5.02 Å². The maximum Gasteiger partial charge on any atom is 0.492 e. The molecule has 0 aliphatic heterocycles. The third kappa shape index (κ3) is 5.98. The number of halogens is 4. The monoisotopic (exact) mass is 374 g/mol.